The van der Waals surface area contributed by atoms with E-state index < -0.39 is 40.2 Å². The van der Waals surface area contributed by atoms with Gasteiger partial charge in [0.15, 0.2) is 29.0 Å². The first-order valence-corrected chi connectivity index (χ1v) is 15.6. The Balaban J connectivity index is 1.61. The minimum atomic E-state index is -2.26. The molecule has 0 fully saturated rings. The predicted octanol–water partition coefficient (Wildman–Crippen LogP) is 12.0. The van der Waals surface area contributed by atoms with Crippen molar-refractivity contribution in [2.24, 2.45) is 0 Å². The third-order valence-electron chi connectivity index (χ3n) is 9.33. The number of halogens is 5. The monoisotopic (exact) mass is 655 g/mol. The Kier molecular flexibility index (Phi) is 6.69. The van der Waals surface area contributed by atoms with Gasteiger partial charge in [-0.05, 0) is 93.9 Å². The summed E-state index contributed by atoms with van der Waals surface area (Å²) >= 11 is 0. The molecule has 0 aliphatic heterocycles. The van der Waals surface area contributed by atoms with Gasteiger partial charge in [-0.2, -0.15) is 0 Å². The fourth-order valence-corrected chi connectivity index (χ4v) is 7.08. The second kappa shape index (κ2) is 10.8. The molecule has 0 unspecified atom stereocenters. The molecule has 0 spiro atoms. The maximum atomic E-state index is 15.5. The van der Waals surface area contributed by atoms with Crippen LogP contribution in [0.25, 0.3) is 71.0 Å². The fraction of sp³-hybridized carbons (Fsp3) is 0.0976. The molecule has 49 heavy (non-hydrogen) atoms. The lowest BCUT2D eigenvalue weighted by atomic mass is 9.99. The van der Waals surface area contributed by atoms with Crippen LogP contribution in [0.1, 0.15) is 22.3 Å². The van der Waals surface area contributed by atoms with Crippen LogP contribution in [0.3, 0.4) is 0 Å². The van der Waals surface area contributed by atoms with Gasteiger partial charge < -0.3 is 9.13 Å². The molecular weight excluding hydrogens is 629 g/mol. The second-order valence-electron chi connectivity index (χ2n) is 12.7. The topological polar surface area (TPSA) is 14.2 Å². The van der Waals surface area contributed by atoms with E-state index in [1.165, 1.54) is 12.1 Å². The highest BCUT2D eigenvalue weighted by Crippen LogP contribution is 2.45. The van der Waals surface area contributed by atoms with Crippen molar-refractivity contribution in [3.05, 3.63) is 148 Å². The molecule has 2 heterocycles. The third-order valence-corrected chi connectivity index (χ3v) is 9.33. The predicted molar refractivity (Wildman–Crippen MR) is 186 cm³/mol. The molecule has 0 atom stereocenters. The number of rotatable bonds is 3. The number of aryl methyl sites for hydroxylation is 4. The Hall–Kier alpha value is -5.94. The molecule has 240 valence electrons. The van der Waals surface area contributed by atoms with Crippen LogP contribution in [0.5, 0.6) is 0 Å². The van der Waals surface area contributed by atoms with Crippen LogP contribution >= 0.6 is 0 Å². The van der Waals surface area contributed by atoms with Gasteiger partial charge in [-0.1, -0.05) is 46.5 Å². The van der Waals surface area contributed by atoms with Gasteiger partial charge in [0.1, 0.15) is 0 Å². The average molecular weight is 656 g/mol. The molecule has 8 heteroatoms. The largest absolute Gasteiger partial charge is 0.308 e. The van der Waals surface area contributed by atoms with E-state index in [1.54, 1.807) is 0 Å². The highest BCUT2D eigenvalue weighted by molar-refractivity contribution is 6.12. The molecule has 0 aliphatic carbocycles. The van der Waals surface area contributed by atoms with E-state index in [0.717, 1.165) is 65.9 Å². The van der Waals surface area contributed by atoms with Crippen molar-refractivity contribution in [3.63, 3.8) is 0 Å². The highest BCUT2D eigenvalue weighted by Gasteiger charge is 2.30. The summed E-state index contributed by atoms with van der Waals surface area (Å²) in [6, 6.07) is 26.9. The molecule has 8 rings (SSSR count). The molecule has 0 aliphatic rings. The van der Waals surface area contributed by atoms with Gasteiger partial charge >= 0.3 is 0 Å². The van der Waals surface area contributed by atoms with Crippen LogP contribution in [0, 0.1) is 63.4 Å². The summed E-state index contributed by atoms with van der Waals surface area (Å²) in [5, 5.41) is 3.77. The summed E-state index contributed by atoms with van der Waals surface area (Å²) in [4.78, 5) is 3.60. The van der Waals surface area contributed by atoms with E-state index in [-0.39, 0.29) is 5.69 Å². The molecule has 8 aromatic rings. The fourth-order valence-electron chi connectivity index (χ4n) is 7.08. The van der Waals surface area contributed by atoms with Crippen molar-refractivity contribution in [2.75, 3.05) is 0 Å². The number of hydrogen-bond acceptors (Lipinski definition) is 0. The first-order chi connectivity index (χ1) is 23.5. The zero-order valence-electron chi connectivity index (χ0n) is 26.8. The lowest BCUT2D eigenvalue weighted by molar-refractivity contribution is 0.381. The normalized spacial score (nSPS) is 11.8. The van der Waals surface area contributed by atoms with Crippen molar-refractivity contribution in [2.45, 2.75) is 27.7 Å². The molecule has 3 nitrogen and oxygen atoms in total. The first kappa shape index (κ1) is 30.4. The number of aromatic nitrogens is 2. The number of fused-ring (bicyclic) bond motifs is 6. The van der Waals surface area contributed by atoms with Crippen LogP contribution in [-0.4, -0.2) is 9.13 Å². The molecule has 0 N–H and O–H groups in total. The van der Waals surface area contributed by atoms with Crippen molar-refractivity contribution < 1.29 is 22.0 Å². The average Bonchev–Trinajstić information content (AvgIpc) is 3.57. The molecule has 6 aromatic carbocycles. The minimum absolute atomic E-state index is 0.274. The van der Waals surface area contributed by atoms with Gasteiger partial charge in [-0.3, -0.25) is 0 Å². The summed E-state index contributed by atoms with van der Waals surface area (Å²) in [5.74, 6) is -10.4. The lowest BCUT2D eigenvalue weighted by Gasteiger charge is -2.20. The van der Waals surface area contributed by atoms with Crippen molar-refractivity contribution in [1.82, 2.24) is 9.13 Å². The number of hydrogen-bond donors (Lipinski definition) is 0. The van der Waals surface area contributed by atoms with Crippen molar-refractivity contribution in [3.8, 4) is 22.5 Å². The van der Waals surface area contributed by atoms with Gasteiger partial charge in [0, 0.05) is 27.1 Å². The maximum Gasteiger partial charge on any atom is 0.200 e. The van der Waals surface area contributed by atoms with E-state index in [0.29, 0.717) is 11.4 Å². The van der Waals surface area contributed by atoms with Gasteiger partial charge in [-0.25, -0.2) is 26.8 Å². The second-order valence-corrected chi connectivity index (χ2v) is 12.7. The van der Waals surface area contributed by atoms with Gasteiger partial charge in [0.25, 0.3) is 0 Å². The van der Waals surface area contributed by atoms with Crippen molar-refractivity contribution >= 4 is 49.3 Å². The Morgan fingerprint density at radius 2 is 0.776 bits per heavy atom. The minimum Gasteiger partial charge on any atom is -0.308 e. The summed E-state index contributed by atoms with van der Waals surface area (Å²) < 4.78 is 78.5. The van der Waals surface area contributed by atoms with Gasteiger partial charge in [0.05, 0.1) is 40.0 Å². The molecule has 0 saturated carbocycles. The number of nitrogens with zero attached hydrogens (tertiary/aromatic N) is 3. The van der Waals surface area contributed by atoms with E-state index in [1.807, 2.05) is 85.4 Å². The summed E-state index contributed by atoms with van der Waals surface area (Å²) in [5.41, 5.74) is 6.33. The zero-order chi connectivity index (χ0) is 34.5. The quantitative estimate of drug-likeness (QED) is 0.0778. The van der Waals surface area contributed by atoms with Crippen LogP contribution in [0.4, 0.5) is 27.6 Å². The van der Waals surface area contributed by atoms with Crippen LogP contribution in [0.2, 0.25) is 0 Å². The van der Waals surface area contributed by atoms with Gasteiger partial charge in [-0.15, -0.1) is 0 Å². The van der Waals surface area contributed by atoms with E-state index in [4.69, 9.17) is 6.57 Å². The van der Waals surface area contributed by atoms with Crippen LogP contribution in [-0.2, 0) is 0 Å². The highest BCUT2D eigenvalue weighted by atomic mass is 19.2. The lowest BCUT2D eigenvalue weighted by Crippen LogP contribution is -2.07. The third kappa shape index (κ3) is 4.39. The SMILES string of the molecule is [C-]#[N+]c1cc(-n2c3ccc(C)cc3c3cc(C)ccc32)c(-n2c3ccc(C)cc3c3cc(C)ccc32)cc1-c1c(F)c(F)c(F)c(F)c1F. The zero-order valence-corrected chi connectivity index (χ0v) is 26.8. The standard InChI is InChI=1S/C41H26F5N3/c1-20-6-10-30-24(14-20)25-15-21(2)7-11-31(25)48(30)34-18-28(36-37(42)39(44)41(46)40(45)38(36)43)29(47-5)19-35(34)49-32-12-8-22(3)16-26(32)27-17-23(4)9-13-33(27)49/h6-19H,1-4H3. The van der Waals surface area contributed by atoms with Crippen LogP contribution < -0.4 is 0 Å². The summed E-state index contributed by atoms with van der Waals surface area (Å²) in [7, 11) is 0. The Bertz CT molecular complexity index is 2630. The first-order valence-electron chi connectivity index (χ1n) is 15.6. The van der Waals surface area contributed by atoms with Gasteiger partial charge in [0.2, 0.25) is 5.82 Å². The van der Waals surface area contributed by atoms with Crippen molar-refractivity contribution in [1.29, 1.82) is 0 Å². The molecule has 0 amide bonds. The Morgan fingerprint density at radius 1 is 0.449 bits per heavy atom. The summed E-state index contributed by atoms with van der Waals surface area (Å²) in [6.45, 7) is 16.1. The molecule has 2 aromatic heterocycles. The Labute approximate surface area is 277 Å². The van der Waals surface area contributed by atoms with E-state index in [9.17, 15) is 13.2 Å². The molecular formula is C41H26F5N3. The van der Waals surface area contributed by atoms with E-state index >= 15 is 8.78 Å². The smallest absolute Gasteiger partial charge is 0.200 e. The molecule has 0 radical (unpaired) electrons. The Morgan fingerprint density at radius 3 is 1.12 bits per heavy atom. The number of benzene rings is 6. The molecule has 0 saturated heterocycles. The molecule has 0 bridgehead atoms. The summed E-state index contributed by atoms with van der Waals surface area (Å²) in [6.07, 6.45) is 0. The van der Waals surface area contributed by atoms with Crippen LogP contribution in [0.15, 0.2) is 84.9 Å². The maximum absolute atomic E-state index is 15.5. The van der Waals surface area contributed by atoms with E-state index in [2.05, 4.69) is 29.1 Å².